The zero-order valence-electron chi connectivity index (χ0n) is 18.0. The van der Waals surface area contributed by atoms with Gasteiger partial charge in [-0.25, -0.2) is 9.78 Å². The molecule has 2 aromatic heterocycles. The summed E-state index contributed by atoms with van der Waals surface area (Å²) in [5.41, 5.74) is 1.74. The van der Waals surface area contributed by atoms with Crippen LogP contribution in [0, 0.1) is 11.3 Å². The van der Waals surface area contributed by atoms with Crippen LogP contribution in [0.15, 0.2) is 63.3 Å². The first-order valence-corrected chi connectivity index (χ1v) is 10.6. The van der Waals surface area contributed by atoms with Crippen LogP contribution in [0.25, 0.3) is 27.8 Å². The van der Waals surface area contributed by atoms with Gasteiger partial charge in [-0.05, 0) is 12.1 Å². The van der Waals surface area contributed by atoms with Crippen molar-refractivity contribution in [2.45, 2.75) is 0 Å². The average Bonchev–Trinajstić information content (AvgIpc) is 3.33. The highest BCUT2D eigenvalue weighted by atomic mass is 32.1. The molecule has 0 radical (unpaired) electrons. The average molecular weight is 461 g/mol. The number of anilines is 1. The summed E-state index contributed by atoms with van der Waals surface area (Å²) in [5, 5.41) is 15.7. The quantitative estimate of drug-likeness (QED) is 0.305. The molecule has 9 heteroatoms. The van der Waals surface area contributed by atoms with Gasteiger partial charge in [0.25, 0.3) is 0 Å². The second-order valence-corrected chi connectivity index (χ2v) is 7.61. The van der Waals surface area contributed by atoms with Gasteiger partial charge in [0, 0.05) is 34.8 Å². The van der Waals surface area contributed by atoms with Gasteiger partial charge in [0.05, 0.1) is 32.6 Å². The molecule has 0 aliphatic rings. The maximum absolute atomic E-state index is 12.4. The highest BCUT2D eigenvalue weighted by Gasteiger charge is 2.15. The summed E-state index contributed by atoms with van der Waals surface area (Å²) in [6.07, 6.45) is 1.53. The molecule has 33 heavy (non-hydrogen) atoms. The van der Waals surface area contributed by atoms with Crippen molar-refractivity contribution in [3.8, 4) is 34.6 Å². The number of nitriles is 1. The maximum atomic E-state index is 12.4. The van der Waals surface area contributed by atoms with E-state index in [4.69, 9.17) is 18.6 Å². The lowest BCUT2D eigenvalue weighted by Crippen LogP contribution is -2.03. The van der Waals surface area contributed by atoms with Gasteiger partial charge in [-0.2, -0.15) is 5.26 Å². The van der Waals surface area contributed by atoms with Crippen molar-refractivity contribution in [2.24, 2.45) is 0 Å². The molecule has 2 aromatic carbocycles. The molecule has 0 spiro atoms. The number of thiazole rings is 1. The molecule has 0 fully saturated rings. The van der Waals surface area contributed by atoms with E-state index in [1.807, 2.05) is 12.1 Å². The highest BCUT2D eigenvalue weighted by Crippen LogP contribution is 2.40. The lowest BCUT2D eigenvalue weighted by atomic mass is 10.1. The standard InChI is InChI=1S/C24H19N3O5S/c1-29-20-9-16(10-21(30-2)22(20)31-3)26-12-15(11-25)23-27-18(13-33-23)17-8-14-6-4-5-7-19(14)32-24(17)28/h4-10,12-13,26H,1-3H3. The predicted molar refractivity (Wildman–Crippen MR) is 127 cm³/mol. The minimum atomic E-state index is -0.483. The van der Waals surface area contributed by atoms with Crippen LogP contribution in [0.3, 0.4) is 0 Å². The monoisotopic (exact) mass is 461 g/mol. The van der Waals surface area contributed by atoms with Crippen molar-refractivity contribution >= 4 is 33.6 Å². The topological polar surface area (TPSA) is 107 Å². The molecule has 0 aliphatic carbocycles. The first kappa shape index (κ1) is 21.9. The first-order valence-electron chi connectivity index (χ1n) is 9.74. The van der Waals surface area contributed by atoms with Gasteiger partial charge in [-0.15, -0.1) is 11.3 Å². The van der Waals surface area contributed by atoms with E-state index >= 15 is 0 Å². The summed E-state index contributed by atoms with van der Waals surface area (Å²) >= 11 is 1.26. The fourth-order valence-electron chi connectivity index (χ4n) is 3.22. The number of hydrogen-bond acceptors (Lipinski definition) is 9. The van der Waals surface area contributed by atoms with Crippen molar-refractivity contribution < 1.29 is 18.6 Å². The molecule has 1 N–H and O–H groups in total. The third-order valence-electron chi connectivity index (χ3n) is 4.82. The number of fused-ring (bicyclic) bond motifs is 1. The van der Waals surface area contributed by atoms with Crippen molar-refractivity contribution in [1.29, 1.82) is 5.26 Å². The van der Waals surface area contributed by atoms with Gasteiger partial charge >= 0.3 is 5.63 Å². The molecule has 0 aliphatic heterocycles. The van der Waals surface area contributed by atoms with Crippen LogP contribution in [0.5, 0.6) is 17.2 Å². The predicted octanol–water partition coefficient (Wildman–Crippen LogP) is 4.92. The van der Waals surface area contributed by atoms with Gasteiger partial charge in [0.2, 0.25) is 5.75 Å². The van der Waals surface area contributed by atoms with Crippen molar-refractivity contribution in [2.75, 3.05) is 26.6 Å². The van der Waals surface area contributed by atoms with Gasteiger partial charge in [0.15, 0.2) is 11.5 Å². The Morgan fingerprint density at radius 1 is 1.12 bits per heavy atom. The van der Waals surface area contributed by atoms with E-state index in [9.17, 15) is 10.1 Å². The lowest BCUT2D eigenvalue weighted by Gasteiger charge is -2.14. The second-order valence-electron chi connectivity index (χ2n) is 6.75. The van der Waals surface area contributed by atoms with E-state index in [-0.39, 0.29) is 0 Å². The van der Waals surface area contributed by atoms with E-state index in [2.05, 4.69) is 16.4 Å². The number of rotatable bonds is 7. The van der Waals surface area contributed by atoms with Gasteiger partial charge < -0.3 is 23.9 Å². The lowest BCUT2D eigenvalue weighted by molar-refractivity contribution is 0.324. The van der Waals surface area contributed by atoms with E-state index in [1.54, 1.807) is 35.7 Å². The van der Waals surface area contributed by atoms with E-state index in [0.29, 0.717) is 50.4 Å². The van der Waals surface area contributed by atoms with Crippen LogP contribution in [0.2, 0.25) is 0 Å². The van der Waals surface area contributed by atoms with E-state index in [1.165, 1.54) is 38.9 Å². The number of allylic oxidation sites excluding steroid dienone is 1. The fourth-order valence-corrected chi connectivity index (χ4v) is 4.01. The molecule has 2 heterocycles. The first-order chi connectivity index (χ1) is 16.1. The minimum absolute atomic E-state index is 0.296. The van der Waals surface area contributed by atoms with Crippen molar-refractivity contribution in [3.05, 3.63) is 69.5 Å². The molecule has 0 saturated heterocycles. The molecular weight excluding hydrogens is 442 g/mol. The Bertz CT molecular complexity index is 1420. The number of methoxy groups -OCH3 is 3. The Kier molecular flexibility index (Phi) is 6.29. The SMILES string of the molecule is COc1cc(NC=C(C#N)c2nc(-c3cc4ccccc4oc3=O)cs2)cc(OC)c1OC. The largest absolute Gasteiger partial charge is 0.493 e. The van der Waals surface area contributed by atoms with Crippen LogP contribution in [0.1, 0.15) is 5.01 Å². The number of benzene rings is 2. The van der Waals surface area contributed by atoms with Gasteiger partial charge in [-0.1, -0.05) is 18.2 Å². The molecule has 0 unspecified atom stereocenters. The van der Waals surface area contributed by atoms with Gasteiger partial charge in [-0.3, -0.25) is 0 Å². The van der Waals surface area contributed by atoms with Gasteiger partial charge in [0.1, 0.15) is 22.2 Å². The molecule has 4 aromatic rings. The molecule has 0 bridgehead atoms. The molecule has 166 valence electrons. The van der Waals surface area contributed by atoms with Crippen LogP contribution >= 0.6 is 11.3 Å². The van der Waals surface area contributed by atoms with E-state index in [0.717, 1.165) is 5.39 Å². The summed E-state index contributed by atoms with van der Waals surface area (Å²) < 4.78 is 21.4. The summed E-state index contributed by atoms with van der Waals surface area (Å²) in [4.78, 5) is 16.9. The van der Waals surface area contributed by atoms with Crippen molar-refractivity contribution in [1.82, 2.24) is 4.98 Å². The Morgan fingerprint density at radius 3 is 2.52 bits per heavy atom. The number of ether oxygens (including phenoxy) is 3. The third kappa shape index (κ3) is 4.37. The van der Waals surface area contributed by atoms with Crippen molar-refractivity contribution in [3.63, 3.8) is 0 Å². The number of nitrogens with one attached hydrogen (secondary N) is 1. The Hall–Kier alpha value is -4.29. The molecule has 0 amide bonds. The smallest absolute Gasteiger partial charge is 0.345 e. The second kappa shape index (κ2) is 9.46. The Balaban J connectivity index is 1.65. The fraction of sp³-hybridized carbons (Fsp3) is 0.125. The van der Waals surface area contributed by atoms with Crippen LogP contribution in [-0.2, 0) is 0 Å². The Morgan fingerprint density at radius 2 is 1.85 bits per heavy atom. The Labute approximate surface area is 193 Å². The molecule has 0 atom stereocenters. The maximum Gasteiger partial charge on any atom is 0.345 e. The zero-order valence-corrected chi connectivity index (χ0v) is 18.9. The summed E-state index contributed by atoms with van der Waals surface area (Å²) in [6, 6.07) is 14.6. The van der Waals surface area contributed by atoms with E-state index < -0.39 is 5.63 Å². The molecule has 4 rings (SSSR count). The van der Waals surface area contributed by atoms with Crippen LogP contribution in [0.4, 0.5) is 5.69 Å². The molecular formula is C24H19N3O5S. The minimum Gasteiger partial charge on any atom is -0.493 e. The summed E-state index contributed by atoms with van der Waals surface area (Å²) in [5.74, 6) is 1.42. The normalized spacial score (nSPS) is 11.2. The highest BCUT2D eigenvalue weighted by molar-refractivity contribution is 7.11. The van der Waals surface area contributed by atoms with Crippen LogP contribution < -0.4 is 25.2 Å². The zero-order chi connectivity index (χ0) is 23.4. The third-order valence-corrected chi connectivity index (χ3v) is 5.70. The summed E-state index contributed by atoms with van der Waals surface area (Å²) in [7, 11) is 4.58. The van der Waals surface area contributed by atoms with Crippen LogP contribution in [-0.4, -0.2) is 26.3 Å². The number of aromatic nitrogens is 1. The number of hydrogen-bond donors (Lipinski definition) is 1. The number of nitrogens with zero attached hydrogens (tertiary/aromatic N) is 2. The number of para-hydroxylation sites is 1. The summed E-state index contributed by atoms with van der Waals surface area (Å²) in [6.45, 7) is 0. The molecule has 8 nitrogen and oxygen atoms in total. The molecule has 0 saturated carbocycles.